The Morgan fingerprint density at radius 1 is 1.77 bits per heavy atom. The summed E-state index contributed by atoms with van der Waals surface area (Å²) >= 11 is 0. The summed E-state index contributed by atoms with van der Waals surface area (Å²) < 4.78 is 0. The molecular formula is C9H14N2O2. The van der Waals surface area contributed by atoms with E-state index in [0.717, 1.165) is 12.8 Å². The summed E-state index contributed by atoms with van der Waals surface area (Å²) in [6.45, 7) is 0.985. The molecule has 0 saturated carbocycles. The Balaban J connectivity index is 2.41. The van der Waals surface area contributed by atoms with Crippen molar-refractivity contribution in [3.63, 3.8) is 0 Å². The van der Waals surface area contributed by atoms with Crippen LogP contribution in [0, 0.1) is 12.3 Å². The summed E-state index contributed by atoms with van der Waals surface area (Å²) in [5, 5.41) is 11.5. The minimum absolute atomic E-state index is 0.0298. The molecule has 4 heteroatoms. The summed E-state index contributed by atoms with van der Waals surface area (Å²) in [5.41, 5.74) is 0. The van der Waals surface area contributed by atoms with Crippen LogP contribution in [0.4, 0.5) is 4.79 Å². The molecule has 0 bridgehead atoms. The van der Waals surface area contributed by atoms with Crippen LogP contribution in [0.1, 0.15) is 12.8 Å². The first-order valence-corrected chi connectivity index (χ1v) is 4.38. The Kier molecular flexibility index (Phi) is 3.59. The first-order valence-electron chi connectivity index (χ1n) is 4.38. The Labute approximate surface area is 77.9 Å². The van der Waals surface area contributed by atoms with Crippen molar-refractivity contribution in [2.24, 2.45) is 0 Å². The van der Waals surface area contributed by atoms with Crippen LogP contribution in [-0.2, 0) is 0 Å². The van der Waals surface area contributed by atoms with Crippen LogP contribution in [-0.4, -0.2) is 41.8 Å². The first-order chi connectivity index (χ1) is 6.29. The van der Waals surface area contributed by atoms with E-state index in [2.05, 4.69) is 11.2 Å². The van der Waals surface area contributed by atoms with Gasteiger partial charge < -0.3 is 15.3 Å². The lowest BCUT2D eigenvalue weighted by atomic mass is 10.2. The van der Waals surface area contributed by atoms with Crippen molar-refractivity contribution >= 4 is 6.03 Å². The molecule has 1 rings (SSSR count). The molecule has 0 aromatic rings. The lowest BCUT2D eigenvalue weighted by Gasteiger charge is -2.22. The number of likely N-dealkylation sites (tertiary alicyclic amines) is 1. The molecule has 2 N–H and O–H groups in total. The highest BCUT2D eigenvalue weighted by atomic mass is 16.3. The van der Waals surface area contributed by atoms with Gasteiger partial charge in [0, 0.05) is 6.54 Å². The third-order valence-electron chi connectivity index (χ3n) is 2.19. The van der Waals surface area contributed by atoms with Gasteiger partial charge in [-0.3, -0.25) is 0 Å². The Hall–Kier alpha value is -1.21. The smallest absolute Gasteiger partial charge is 0.318 e. The number of terminal acetylenes is 1. The van der Waals surface area contributed by atoms with Gasteiger partial charge in [0.15, 0.2) is 0 Å². The van der Waals surface area contributed by atoms with E-state index in [9.17, 15) is 4.79 Å². The molecular weight excluding hydrogens is 168 g/mol. The number of amides is 2. The van der Waals surface area contributed by atoms with Crippen LogP contribution >= 0.6 is 0 Å². The van der Waals surface area contributed by atoms with Crippen LogP contribution in [0.3, 0.4) is 0 Å². The highest BCUT2D eigenvalue weighted by Gasteiger charge is 2.27. The molecule has 4 nitrogen and oxygen atoms in total. The molecule has 0 aromatic carbocycles. The van der Waals surface area contributed by atoms with Crippen LogP contribution in [0.2, 0.25) is 0 Å². The van der Waals surface area contributed by atoms with Crippen LogP contribution in [0.5, 0.6) is 0 Å². The van der Waals surface area contributed by atoms with Crippen molar-refractivity contribution in [2.45, 2.75) is 18.9 Å². The molecule has 1 atom stereocenters. The quantitative estimate of drug-likeness (QED) is 0.580. The highest BCUT2D eigenvalue weighted by Crippen LogP contribution is 2.15. The number of hydrogen-bond acceptors (Lipinski definition) is 2. The normalized spacial score (nSPS) is 21.2. The third-order valence-corrected chi connectivity index (χ3v) is 2.19. The molecule has 0 aliphatic carbocycles. The van der Waals surface area contributed by atoms with E-state index in [0.29, 0.717) is 6.54 Å². The fraction of sp³-hybridized carbons (Fsp3) is 0.667. The average molecular weight is 182 g/mol. The summed E-state index contributed by atoms with van der Waals surface area (Å²) in [6.07, 6.45) is 6.84. The predicted molar refractivity (Wildman–Crippen MR) is 49.0 cm³/mol. The maximum Gasteiger partial charge on any atom is 0.318 e. The molecule has 2 amide bonds. The van der Waals surface area contributed by atoms with Crippen molar-refractivity contribution in [1.82, 2.24) is 10.2 Å². The standard InChI is InChI=1S/C9H14N2O2/c1-2-5-10-9(13)11-6-3-4-8(11)7-12/h1,8,12H,3-7H2,(H,10,13)/t8-/m0/s1. The molecule has 72 valence electrons. The molecule has 13 heavy (non-hydrogen) atoms. The minimum Gasteiger partial charge on any atom is -0.394 e. The van der Waals surface area contributed by atoms with Gasteiger partial charge in [0.05, 0.1) is 19.2 Å². The van der Waals surface area contributed by atoms with E-state index in [1.54, 1.807) is 4.90 Å². The SMILES string of the molecule is C#CCNC(=O)N1CCC[C@H]1CO. The maximum atomic E-state index is 11.4. The minimum atomic E-state index is -0.172. The molecule has 1 aliphatic rings. The second-order valence-corrected chi connectivity index (χ2v) is 3.03. The summed E-state index contributed by atoms with van der Waals surface area (Å²) in [6, 6.07) is -0.202. The molecule has 0 spiro atoms. The number of aliphatic hydroxyl groups is 1. The number of carbonyl (C=O) groups excluding carboxylic acids is 1. The van der Waals surface area contributed by atoms with E-state index >= 15 is 0 Å². The maximum absolute atomic E-state index is 11.4. The molecule has 0 unspecified atom stereocenters. The number of nitrogens with zero attached hydrogens (tertiary/aromatic N) is 1. The number of hydrogen-bond donors (Lipinski definition) is 2. The fourth-order valence-corrected chi connectivity index (χ4v) is 1.52. The van der Waals surface area contributed by atoms with Gasteiger partial charge in [0.2, 0.25) is 0 Å². The molecule has 1 aliphatic heterocycles. The number of nitrogens with one attached hydrogen (secondary N) is 1. The van der Waals surface area contributed by atoms with E-state index in [4.69, 9.17) is 11.5 Å². The third kappa shape index (κ3) is 2.36. The van der Waals surface area contributed by atoms with Crippen LogP contribution in [0.25, 0.3) is 0 Å². The Bertz CT molecular complexity index is 222. The highest BCUT2D eigenvalue weighted by molar-refractivity contribution is 5.75. The summed E-state index contributed by atoms with van der Waals surface area (Å²) in [4.78, 5) is 13.0. The number of carbonyl (C=O) groups is 1. The van der Waals surface area contributed by atoms with Gasteiger partial charge in [-0.15, -0.1) is 6.42 Å². The topological polar surface area (TPSA) is 52.6 Å². The molecule has 1 saturated heterocycles. The van der Waals surface area contributed by atoms with Crippen molar-refractivity contribution in [1.29, 1.82) is 0 Å². The number of rotatable bonds is 2. The van der Waals surface area contributed by atoms with Crippen LogP contribution < -0.4 is 5.32 Å². The van der Waals surface area contributed by atoms with Gasteiger partial charge in [-0.2, -0.15) is 0 Å². The zero-order valence-electron chi connectivity index (χ0n) is 7.49. The van der Waals surface area contributed by atoms with Crippen molar-refractivity contribution in [3.05, 3.63) is 0 Å². The van der Waals surface area contributed by atoms with Gasteiger partial charge in [0.25, 0.3) is 0 Å². The molecule has 0 radical (unpaired) electrons. The van der Waals surface area contributed by atoms with Crippen molar-refractivity contribution in [3.8, 4) is 12.3 Å². The number of urea groups is 1. The monoisotopic (exact) mass is 182 g/mol. The largest absolute Gasteiger partial charge is 0.394 e. The lowest BCUT2D eigenvalue weighted by molar-refractivity contribution is 0.158. The van der Waals surface area contributed by atoms with Gasteiger partial charge in [0.1, 0.15) is 0 Å². The van der Waals surface area contributed by atoms with E-state index in [1.165, 1.54) is 0 Å². The second-order valence-electron chi connectivity index (χ2n) is 3.03. The summed E-state index contributed by atoms with van der Waals surface area (Å²) in [7, 11) is 0. The zero-order valence-corrected chi connectivity index (χ0v) is 7.49. The van der Waals surface area contributed by atoms with Gasteiger partial charge >= 0.3 is 6.03 Å². The Morgan fingerprint density at radius 3 is 3.15 bits per heavy atom. The van der Waals surface area contributed by atoms with Crippen LogP contribution in [0.15, 0.2) is 0 Å². The molecule has 1 fully saturated rings. The predicted octanol–water partition coefficient (Wildman–Crippen LogP) is -0.214. The summed E-state index contributed by atoms with van der Waals surface area (Å²) in [5.74, 6) is 2.33. The lowest BCUT2D eigenvalue weighted by Crippen LogP contribution is -2.44. The number of aliphatic hydroxyl groups excluding tert-OH is 1. The Morgan fingerprint density at radius 2 is 2.54 bits per heavy atom. The van der Waals surface area contributed by atoms with E-state index in [-0.39, 0.29) is 25.2 Å². The fourth-order valence-electron chi connectivity index (χ4n) is 1.52. The van der Waals surface area contributed by atoms with Gasteiger partial charge in [-0.1, -0.05) is 5.92 Å². The van der Waals surface area contributed by atoms with Crippen molar-refractivity contribution < 1.29 is 9.90 Å². The molecule has 1 heterocycles. The first kappa shape index (κ1) is 9.87. The molecule has 0 aromatic heterocycles. The van der Waals surface area contributed by atoms with E-state index in [1.807, 2.05) is 0 Å². The zero-order chi connectivity index (χ0) is 9.68. The van der Waals surface area contributed by atoms with E-state index < -0.39 is 0 Å². The van der Waals surface area contributed by atoms with Gasteiger partial charge in [-0.25, -0.2) is 4.79 Å². The van der Waals surface area contributed by atoms with Crippen molar-refractivity contribution in [2.75, 3.05) is 19.7 Å². The second kappa shape index (κ2) is 4.73. The average Bonchev–Trinajstić information content (AvgIpc) is 2.61. The van der Waals surface area contributed by atoms with Gasteiger partial charge in [-0.05, 0) is 12.8 Å².